The smallest absolute Gasteiger partial charge is 0.242 e. The predicted octanol–water partition coefficient (Wildman–Crippen LogP) is 1.59. The van der Waals surface area contributed by atoms with Crippen molar-refractivity contribution in [3.63, 3.8) is 0 Å². The highest BCUT2D eigenvalue weighted by Crippen LogP contribution is 2.11. The Hall–Kier alpha value is -0.850. The summed E-state index contributed by atoms with van der Waals surface area (Å²) >= 11 is 0. The van der Waals surface area contributed by atoms with Crippen molar-refractivity contribution in [3.05, 3.63) is 18.0 Å². The first-order chi connectivity index (χ1) is 8.49. The average Bonchev–Trinajstić information content (AvgIpc) is 2.78. The van der Waals surface area contributed by atoms with Crippen molar-refractivity contribution in [2.45, 2.75) is 51.1 Å². The van der Waals surface area contributed by atoms with Gasteiger partial charge in [-0.25, -0.2) is 13.1 Å². The molecule has 0 saturated carbocycles. The fourth-order valence-corrected chi connectivity index (χ4v) is 2.84. The van der Waals surface area contributed by atoms with Crippen molar-refractivity contribution in [2.75, 3.05) is 6.54 Å². The molecular formula is C12H23N3O2S. The van der Waals surface area contributed by atoms with Gasteiger partial charge in [0.05, 0.1) is 4.90 Å². The summed E-state index contributed by atoms with van der Waals surface area (Å²) < 4.78 is 26.6. The number of sulfonamides is 1. The van der Waals surface area contributed by atoms with Crippen LogP contribution >= 0.6 is 0 Å². The first-order valence-electron chi connectivity index (χ1n) is 6.40. The molecule has 3 N–H and O–H groups in total. The Morgan fingerprint density at radius 3 is 2.72 bits per heavy atom. The number of hydrogen-bond donors (Lipinski definition) is 3. The lowest BCUT2D eigenvalue weighted by Crippen LogP contribution is -2.31. The zero-order valence-electron chi connectivity index (χ0n) is 11.3. The quantitative estimate of drug-likeness (QED) is 0.630. The van der Waals surface area contributed by atoms with Crippen LogP contribution in [0, 0.1) is 0 Å². The molecule has 0 aliphatic rings. The third-order valence-corrected chi connectivity index (χ3v) is 4.31. The second-order valence-corrected chi connectivity index (χ2v) is 6.18. The number of hydrogen-bond acceptors (Lipinski definition) is 3. The van der Waals surface area contributed by atoms with Crippen LogP contribution in [0.5, 0.6) is 0 Å². The summed E-state index contributed by atoms with van der Waals surface area (Å²) in [4.78, 5) is 3.28. The second-order valence-electron chi connectivity index (χ2n) is 4.47. The molecule has 0 aromatic carbocycles. The highest BCUT2D eigenvalue weighted by Gasteiger charge is 2.17. The summed E-state index contributed by atoms with van der Waals surface area (Å²) in [7, 11) is -3.39. The maximum atomic E-state index is 12.0. The molecule has 0 aliphatic heterocycles. The van der Waals surface area contributed by atoms with Crippen LogP contribution in [0.1, 0.15) is 39.3 Å². The van der Waals surface area contributed by atoms with Crippen molar-refractivity contribution in [3.8, 4) is 0 Å². The minimum absolute atomic E-state index is 0.0495. The molecule has 1 atom stereocenters. The number of aromatic nitrogens is 1. The summed E-state index contributed by atoms with van der Waals surface area (Å²) in [5, 5.41) is 3.22. The highest BCUT2D eigenvalue weighted by atomic mass is 32.2. The maximum Gasteiger partial charge on any atom is 0.242 e. The zero-order chi connectivity index (χ0) is 13.6. The first kappa shape index (κ1) is 15.2. The van der Waals surface area contributed by atoms with Crippen molar-refractivity contribution < 1.29 is 8.42 Å². The molecule has 0 spiro atoms. The van der Waals surface area contributed by atoms with Gasteiger partial charge in [0.1, 0.15) is 0 Å². The molecule has 0 radical (unpaired) electrons. The summed E-state index contributed by atoms with van der Waals surface area (Å²) in [6.07, 6.45) is 3.36. The Kier molecular flexibility index (Phi) is 5.84. The van der Waals surface area contributed by atoms with E-state index in [0.717, 1.165) is 25.1 Å². The lowest BCUT2D eigenvalue weighted by atomic mass is 10.3. The normalized spacial score (nSPS) is 13.7. The van der Waals surface area contributed by atoms with Crippen LogP contribution in [-0.2, 0) is 16.6 Å². The summed E-state index contributed by atoms with van der Waals surface area (Å²) in [6.45, 7) is 7.48. The molecule has 0 bridgehead atoms. The molecule has 18 heavy (non-hydrogen) atoms. The number of H-pyrrole nitrogens is 1. The van der Waals surface area contributed by atoms with Crippen LogP contribution in [0.4, 0.5) is 0 Å². The lowest BCUT2D eigenvalue weighted by Gasteiger charge is -2.10. The van der Waals surface area contributed by atoms with Gasteiger partial charge in [-0.15, -0.1) is 0 Å². The minimum Gasteiger partial charge on any atom is -0.363 e. The van der Waals surface area contributed by atoms with E-state index in [-0.39, 0.29) is 6.04 Å². The Morgan fingerprint density at radius 2 is 2.11 bits per heavy atom. The maximum absolute atomic E-state index is 12.0. The van der Waals surface area contributed by atoms with E-state index in [9.17, 15) is 8.42 Å². The molecule has 0 amide bonds. The molecule has 5 nitrogen and oxygen atoms in total. The molecule has 1 aromatic heterocycles. The van der Waals surface area contributed by atoms with Gasteiger partial charge >= 0.3 is 0 Å². The molecule has 1 unspecified atom stereocenters. The lowest BCUT2D eigenvalue weighted by molar-refractivity contribution is 0.556. The van der Waals surface area contributed by atoms with E-state index in [1.54, 1.807) is 6.07 Å². The number of nitrogens with one attached hydrogen (secondary N) is 3. The van der Waals surface area contributed by atoms with Gasteiger partial charge in [0.25, 0.3) is 0 Å². The van der Waals surface area contributed by atoms with Crippen molar-refractivity contribution in [1.82, 2.24) is 15.0 Å². The van der Waals surface area contributed by atoms with E-state index in [2.05, 4.69) is 21.9 Å². The minimum atomic E-state index is -3.39. The van der Waals surface area contributed by atoms with Crippen LogP contribution in [0.2, 0.25) is 0 Å². The predicted molar refractivity (Wildman–Crippen MR) is 72.9 cm³/mol. The van der Waals surface area contributed by atoms with E-state index < -0.39 is 10.0 Å². The van der Waals surface area contributed by atoms with Gasteiger partial charge < -0.3 is 10.3 Å². The van der Waals surface area contributed by atoms with E-state index in [1.165, 1.54) is 6.20 Å². The second kappa shape index (κ2) is 6.92. The third-order valence-electron chi connectivity index (χ3n) is 2.74. The Balaban J connectivity index is 2.66. The van der Waals surface area contributed by atoms with Gasteiger partial charge in [0.2, 0.25) is 10.0 Å². The molecule has 0 saturated heterocycles. The highest BCUT2D eigenvalue weighted by molar-refractivity contribution is 7.89. The van der Waals surface area contributed by atoms with Crippen LogP contribution in [0.25, 0.3) is 0 Å². The topological polar surface area (TPSA) is 74.0 Å². The van der Waals surface area contributed by atoms with Crippen LogP contribution in [-0.4, -0.2) is 26.0 Å². The number of rotatable bonds is 8. The number of aromatic amines is 1. The van der Waals surface area contributed by atoms with Crippen molar-refractivity contribution >= 4 is 10.0 Å². The average molecular weight is 273 g/mol. The van der Waals surface area contributed by atoms with E-state index in [1.807, 2.05) is 13.8 Å². The van der Waals surface area contributed by atoms with Gasteiger partial charge in [-0.3, -0.25) is 0 Å². The molecular weight excluding hydrogens is 250 g/mol. The third kappa shape index (κ3) is 4.44. The fourth-order valence-electron chi connectivity index (χ4n) is 1.49. The van der Waals surface area contributed by atoms with E-state index in [4.69, 9.17) is 0 Å². The first-order valence-corrected chi connectivity index (χ1v) is 7.88. The van der Waals surface area contributed by atoms with Crippen LogP contribution < -0.4 is 10.0 Å². The van der Waals surface area contributed by atoms with Crippen molar-refractivity contribution in [1.29, 1.82) is 0 Å². The van der Waals surface area contributed by atoms with Gasteiger partial charge in [0.15, 0.2) is 0 Å². The zero-order valence-corrected chi connectivity index (χ0v) is 12.1. The van der Waals surface area contributed by atoms with Gasteiger partial charge in [0, 0.05) is 24.5 Å². The monoisotopic (exact) mass is 273 g/mol. The van der Waals surface area contributed by atoms with Crippen molar-refractivity contribution in [2.24, 2.45) is 0 Å². The Morgan fingerprint density at radius 1 is 1.39 bits per heavy atom. The standard InChI is InChI=1S/C12H23N3O2S/c1-4-6-13-8-11-7-12(9-14-11)18(16,17)15-10(3)5-2/h7,9-10,13-15H,4-6,8H2,1-3H3. The van der Waals surface area contributed by atoms with Gasteiger partial charge in [-0.1, -0.05) is 13.8 Å². The van der Waals surface area contributed by atoms with Crippen LogP contribution in [0.15, 0.2) is 17.2 Å². The summed E-state index contributed by atoms with van der Waals surface area (Å²) in [5.74, 6) is 0. The summed E-state index contributed by atoms with van der Waals surface area (Å²) in [5.41, 5.74) is 0.882. The Labute approximate surface area is 109 Å². The van der Waals surface area contributed by atoms with Crippen LogP contribution in [0.3, 0.4) is 0 Å². The molecule has 6 heteroatoms. The fraction of sp³-hybridized carbons (Fsp3) is 0.667. The molecule has 1 rings (SSSR count). The summed E-state index contributed by atoms with van der Waals surface area (Å²) in [6, 6.07) is 1.62. The van der Waals surface area contributed by atoms with E-state index in [0.29, 0.717) is 11.4 Å². The molecule has 0 fully saturated rings. The molecule has 0 aliphatic carbocycles. The van der Waals surface area contributed by atoms with Gasteiger partial charge in [-0.2, -0.15) is 0 Å². The largest absolute Gasteiger partial charge is 0.363 e. The molecule has 104 valence electrons. The Bertz CT molecular complexity index is 454. The molecule has 1 heterocycles. The van der Waals surface area contributed by atoms with E-state index >= 15 is 0 Å². The van der Waals surface area contributed by atoms with Gasteiger partial charge in [-0.05, 0) is 32.4 Å². The molecule has 1 aromatic rings. The SMILES string of the molecule is CCCNCc1cc(S(=O)(=O)NC(C)CC)c[nH]1.